The van der Waals surface area contributed by atoms with Gasteiger partial charge in [-0.2, -0.15) is 0 Å². The highest BCUT2D eigenvalue weighted by Gasteiger charge is 2.14. The molecule has 1 N–H and O–H groups in total. The van der Waals surface area contributed by atoms with E-state index in [9.17, 15) is 4.79 Å². The highest BCUT2D eigenvalue weighted by Crippen LogP contribution is 2.35. The molecule has 0 aliphatic heterocycles. The van der Waals surface area contributed by atoms with Crippen molar-refractivity contribution in [1.82, 2.24) is 5.32 Å². The molecule has 0 fully saturated rings. The van der Waals surface area contributed by atoms with Gasteiger partial charge in [0.25, 0.3) is 0 Å². The molecule has 1 aliphatic rings. The molecule has 0 aromatic heterocycles. The summed E-state index contributed by atoms with van der Waals surface area (Å²) in [6.07, 6.45) is 9.57. The second-order valence-electron chi connectivity index (χ2n) is 5.60. The Kier molecular flexibility index (Phi) is 6.27. The number of fused-ring (bicyclic) bond motifs is 1. The maximum atomic E-state index is 11.7. The van der Waals surface area contributed by atoms with Crippen molar-refractivity contribution >= 4 is 12.0 Å². The highest BCUT2D eigenvalue weighted by atomic mass is 16.5. The summed E-state index contributed by atoms with van der Waals surface area (Å²) >= 11 is 0. The van der Waals surface area contributed by atoms with Crippen LogP contribution in [0.1, 0.15) is 37.3 Å². The Morgan fingerprint density at radius 3 is 2.65 bits per heavy atom. The van der Waals surface area contributed by atoms with Gasteiger partial charge in [0.05, 0.1) is 14.2 Å². The summed E-state index contributed by atoms with van der Waals surface area (Å²) < 4.78 is 10.7. The molecule has 4 nitrogen and oxygen atoms in total. The molecule has 0 saturated carbocycles. The molecule has 1 aliphatic carbocycles. The van der Waals surface area contributed by atoms with Crippen LogP contribution in [0.4, 0.5) is 0 Å². The van der Waals surface area contributed by atoms with E-state index in [4.69, 9.17) is 9.47 Å². The molecule has 0 atom stereocenters. The first-order valence-corrected chi connectivity index (χ1v) is 8.09. The fourth-order valence-corrected chi connectivity index (χ4v) is 2.60. The van der Waals surface area contributed by atoms with Crippen molar-refractivity contribution in [1.29, 1.82) is 0 Å². The second kappa shape index (κ2) is 8.42. The van der Waals surface area contributed by atoms with Crippen LogP contribution in [0, 0.1) is 0 Å². The minimum Gasteiger partial charge on any atom is -0.493 e. The first-order valence-electron chi connectivity index (χ1n) is 8.09. The number of unbranched alkanes of at least 4 members (excludes halogenated alkanes) is 1. The standard InChI is InChI=1S/C19H25NO3/c1-4-5-10-20-19(21)9-7-14-6-8-15-12-17(22-2)18(23-3)13-16(15)11-14/h7,9,11-13H,4-6,8,10H2,1-3H3,(H,20,21)/b9-7+. The van der Waals surface area contributed by atoms with Gasteiger partial charge in [0.15, 0.2) is 11.5 Å². The van der Waals surface area contributed by atoms with Crippen molar-refractivity contribution in [3.8, 4) is 11.5 Å². The van der Waals surface area contributed by atoms with Crippen molar-refractivity contribution < 1.29 is 14.3 Å². The minimum absolute atomic E-state index is 0.0301. The van der Waals surface area contributed by atoms with E-state index in [0.29, 0.717) is 0 Å². The quantitative estimate of drug-likeness (QED) is 0.619. The zero-order chi connectivity index (χ0) is 16.7. The Morgan fingerprint density at radius 2 is 1.96 bits per heavy atom. The molecule has 0 heterocycles. The number of methoxy groups -OCH3 is 2. The van der Waals surface area contributed by atoms with Crippen molar-refractivity contribution in [3.63, 3.8) is 0 Å². The first-order chi connectivity index (χ1) is 11.2. The van der Waals surface area contributed by atoms with Gasteiger partial charge >= 0.3 is 0 Å². The molecule has 1 aromatic carbocycles. The summed E-state index contributed by atoms with van der Waals surface area (Å²) in [7, 11) is 3.28. The van der Waals surface area contributed by atoms with Gasteiger partial charge in [-0.15, -0.1) is 0 Å². The third kappa shape index (κ3) is 4.62. The third-order valence-corrected chi connectivity index (χ3v) is 3.95. The molecule has 1 amide bonds. The van der Waals surface area contributed by atoms with Gasteiger partial charge < -0.3 is 14.8 Å². The highest BCUT2D eigenvalue weighted by molar-refractivity contribution is 5.88. The zero-order valence-corrected chi connectivity index (χ0v) is 14.1. The first kappa shape index (κ1) is 17.1. The molecule has 0 bridgehead atoms. The number of hydrogen-bond donors (Lipinski definition) is 1. The van der Waals surface area contributed by atoms with E-state index < -0.39 is 0 Å². The number of benzene rings is 1. The maximum absolute atomic E-state index is 11.7. The lowest BCUT2D eigenvalue weighted by Crippen LogP contribution is -2.21. The van der Waals surface area contributed by atoms with Gasteiger partial charge in [-0.3, -0.25) is 4.79 Å². The molecule has 0 spiro atoms. The van der Waals surface area contributed by atoms with Crippen LogP contribution in [-0.4, -0.2) is 26.7 Å². The van der Waals surface area contributed by atoms with Gasteiger partial charge in [-0.25, -0.2) is 0 Å². The second-order valence-corrected chi connectivity index (χ2v) is 5.60. The van der Waals surface area contributed by atoms with Crippen molar-refractivity contribution in [2.75, 3.05) is 20.8 Å². The van der Waals surface area contributed by atoms with Gasteiger partial charge in [-0.05, 0) is 48.1 Å². The van der Waals surface area contributed by atoms with Crippen LogP contribution in [0.5, 0.6) is 11.5 Å². The Hall–Kier alpha value is -2.23. The van der Waals surface area contributed by atoms with Gasteiger partial charge in [0.1, 0.15) is 0 Å². The topological polar surface area (TPSA) is 47.6 Å². The number of allylic oxidation sites excluding steroid dienone is 2. The van der Waals surface area contributed by atoms with Crippen LogP contribution in [0.15, 0.2) is 29.9 Å². The molecule has 4 heteroatoms. The normalized spacial score (nSPS) is 13.4. The number of hydrogen-bond acceptors (Lipinski definition) is 3. The number of amides is 1. The summed E-state index contributed by atoms with van der Waals surface area (Å²) in [5, 5.41) is 2.89. The van der Waals surface area contributed by atoms with Crippen LogP contribution in [0.2, 0.25) is 0 Å². The van der Waals surface area contributed by atoms with E-state index in [-0.39, 0.29) is 5.91 Å². The molecule has 23 heavy (non-hydrogen) atoms. The molecular weight excluding hydrogens is 290 g/mol. The summed E-state index contributed by atoms with van der Waals surface area (Å²) in [5.74, 6) is 1.46. The number of aryl methyl sites for hydroxylation is 1. The van der Waals surface area contributed by atoms with Gasteiger partial charge in [-0.1, -0.05) is 25.5 Å². The fraction of sp³-hybridized carbons (Fsp3) is 0.421. The van der Waals surface area contributed by atoms with Crippen LogP contribution in [0.25, 0.3) is 6.08 Å². The minimum atomic E-state index is -0.0301. The SMILES string of the molecule is CCCCNC(=O)/C=C/C1=Cc2cc(OC)c(OC)cc2CC1. The molecule has 0 saturated heterocycles. The van der Waals surface area contributed by atoms with E-state index in [1.165, 1.54) is 5.56 Å². The van der Waals surface area contributed by atoms with Crippen molar-refractivity contribution in [2.45, 2.75) is 32.6 Å². The van der Waals surface area contributed by atoms with E-state index in [2.05, 4.69) is 18.3 Å². The number of carbonyl (C=O) groups is 1. The summed E-state index contributed by atoms with van der Waals surface area (Å²) in [4.78, 5) is 11.7. The Morgan fingerprint density at radius 1 is 1.22 bits per heavy atom. The van der Waals surface area contributed by atoms with E-state index in [1.807, 2.05) is 18.2 Å². The average molecular weight is 315 g/mol. The van der Waals surface area contributed by atoms with Crippen LogP contribution in [-0.2, 0) is 11.2 Å². The Balaban J connectivity index is 2.09. The molecular formula is C19H25NO3. The lowest BCUT2D eigenvalue weighted by Gasteiger charge is -2.17. The van der Waals surface area contributed by atoms with Crippen LogP contribution >= 0.6 is 0 Å². The number of nitrogens with one attached hydrogen (secondary N) is 1. The predicted octanol–water partition coefficient (Wildman–Crippen LogP) is 3.51. The van der Waals surface area contributed by atoms with Crippen LogP contribution in [0.3, 0.4) is 0 Å². The van der Waals surface area contributed by atoms with Gasteiger partial charge in [0, 0.05) is 12.6 Å². The molecule has 0 radical (unpaired) electrons. The summed E-state index contributed by atoms with van der Waals surface area (Å²) in [6.45, 7) is 2.84. The smallest absolute Gasteiger partial charge is 0.243 e. The van der Waals surface area contributed by atoms with Gasteiger partial charge in [0.2, 0.25) is 5.91 Å². The molecule has 0 unspecified atom stereocenters. The van der Waals surface area contributed by atoms with E-state index in [0.717, 1.165) is 54.9 Å². The van der Waals surface area contributed by atoms with E-state index in [1.54, 1.807) is 20.3 Å². The molecule has 1 aromatic rings. The van der Waals surface area contributed by atoms with E-state index >= 15 is 0 Å². The largest absolute Gasteiger partial charge is 0.493 e. The van der Waals surface area contributed by atoms with Crippen molar-refractivity contribution in [2.24, 2.45) is 0 Å². The van der Waals surface area contributed by atoms with Crippen LogP contribution < -0.4 is 14.8 Å². The predicted molar refractivity (Wildman–Crippen MR) is 92.9 cm³/mol. The average Bonchev–Trinajstić information content (AvgIpc) is 2.58. The maximum Gasteiger partial charge on any atom is 0.243 e. The monoisotopic (exact) mass is 315 g/mol. The summed E-state index contributed by atoms with van der Waals surface area (Å²) in [5.41, 5.74) is 3.52. The zero-order valence-electron chi connectivity index (χ0n) is 14.1. The lowest BCUT2D eigenvalue weighted by molar-refractivity contribution is -0.116. The Bertz CT molecular complexity index is 617. The fourth-order valence-electron chi connectivity index (χ4n) is 2.60. The summed E-state index contributed by atoms with van der Waals surface area (Å²) in [6, 6.07) is 4.02. The number of ether oxygens (including phenoxy) is 2. The third-order valence-electron chi connectivity index (χ3n) is 3.95. The molecule has 124 valence electrons. The Labute approximate surface area is 138 Å². The number of rotatable bonds is 7. The number of carbonyl (C=O) groups excluding carboxylic acids is 1. The molecule has 2 rings (SSSR count). The lowest BCUT2D eigenvalue weighted by atomic mass is 9.91. The van der Waals surface area contributed by atoms with Crippen molar-refractivity contribution in [3.05, 3.63) is 41.0 Å².